The second kappa shape index (κ2) is 12.1. The monoisotopic (exact) mass is 540 g/mol. The van der Waals surface area contributed by atoms with Crippen LogP contribution in [0.15, 0.2) is 48.6 Å². The summed E-state index contributed by atoms with van der Waals surface area (Å²) < 4.78 is 10.5. The van der Waals surface area contributed by atoms with Gasteiger partial charge in [-0.15, -0.1) is 0 Å². The van der Waals surface area contributed by atoms with Crippen molar-refractivity contribution >= 4 is 30.1 Å². The Labute approximate surface area is 225 Å². The first-order valence-corrected chi connectivity index (χ1v) is 12.3. The van der Waals surface area contributed by atoms with E-state index in [0.29, 0.717) is 11.1 Å². The van der Waals surface area contributed by atoms with Gasteiger partial charge in [-0.25, -0.2) is 14.4 Å². The van der Waals surface area contributed by atoms with Crippen LogP contribution in [0.1, 0.15) is 54.9 Å². The van der Waals surface area contributed by atoms with Crippen molar-refractivity contribution in [3.05, 3.63) is 70.8 Å². The molecule has 1 fully saturated rings. The molecule has 2 aromatic carbocycles. The Morgan fingerprint density at radius 1 is 0.923 bits per heavy atom. The standard InChI is InChI=1S/C29H32O10/c1-16(2)20-12-18(5-4-17(20)3)8-11-26(34)39-29(28(36)37)14-23(32)27(35)24(15-29)38-25(33)10-7-19-6-9-21(30)22(31)13-19/h4-13,16,23-24,27,30-32,35H,14-15H2,1-3H3,(H,36,37)/b10-7+,11-8+/t23-,24-,27+,29-/m1/s1. The summed E-state index contributed by atoms with van der Waals surface area (Å²) in [6.45, 7) is 6.06. The number of benzene rings is 2. The highest BCUT2D eigenvalue weighted by atomic mass is 16.6. The van der Waals surface area contributed by atoms with Crippen LogP contribution >= 0.6 is 0 Å². The summed E-state index contributed by atoms with van der Waals surface area (Å²) in [5.41, 5.74) is 0.999. The highest BCUT2D eigenvalue weighted by molar-refractivity contribution is 5.91. The van der Waals surface area contributed by atoms with E-state index >= 15 is 0 Å². The first-order chi connectivity index (χ1) is 18.3. The van der Waals surface area contributed by atoms with Crippen LogP contribution in [0.4, 0.5) is 0 Å². The lowest BCUT2D eigenvalue weighted by Crippen LogP contribution is -2.58. The van der Waals surface area contributed by atoms with E-state index in [1.165, 1.54) is 30.4 Å². The first-order valence-electron chi connectivity index (χ1n) is 12.3. The summed E-state index contributed by atoms with van der Waals surface area (Å²) in [6, 6.07) is 9.46. The molecule has 0 aromatic heterocycles. The molecule has 0 saturated heterocycles. The van der Waals surface area contributed by atoms with E-state index in [9.17, 15) is 39.9 Å². The number of aliphatic hydroxyl groups excluding tert-OH is 2. The summed E-state index contributed by atoms with van der Waals surface area (Å²) in [4.78, 5) is 37.2. The van der Waals surface area contributed by atoms with Crippen LogP contribution in [0.25, 0.3) is 12.2 Å². The Kier molecular flexibility index (Phi) is 9.15. The topological polar surface area (TPSA) is 171 Å². The Balaban J connectivity index is 1.74. The number of aromatic hydroxyl groups is 2. The van der Waals surface area contributed by atoms with Gasteiger partial charge in [0.05, 0.1) is 6.10 Å². The molecule has 0 heterocycles. The van der Waals surface area contributed by atoms with Gasteiger partial charge in [-0.2, -0.15) is 0 Å². The predicted molar refractivity (Wildman–Crippen MR) is 141 cm³/mol. The molecule has 1 saturated carbocycles. The Hall–Kier alpha value is -4.15. The Morgan fingerprint density at radius 3 is 2.15 bits per heavy atom. The van der Waals surface area contributed by atoms with Crippen LogP contribution in [0.2, 0.25) is 0 Å². The third-order valence-electron chi connectivity index (χ3n) is 6.55. The number of rotatable bonds is 8. The van der Waals surface area contributed by atoms with E-state index in [2.05, 4.69) is 0 Å². The van der Waals surface area contributed by atoms with Gasteiger partial charge in [0, 0.05) is 25.0 Å². The van der Waals surface area contributed by atoms with E-state index in [4.69, 9.17) is 9.47 Å². The van der Waals surface area contributed by atoms with Crippen LogP contribution in [-0.4, -0.2) is 67.4 Å². The van der Waals surface area contributed by atoms with Crippen LogP contribution < -0.4 is 0 Å². The van der Waals surface area contributed by atoms with E-state index < -0.39 is 60.4 Å². The molecule has 0 bridgehead atoms. The molecule has 208 valence electrons. The van der Waals surface area contributed by atoms with Gasteiger partial charge in [0.1, 0.15) is 12.2 Å². The van der Waals surface area contributed by atoms with Crippen LogP contribution in [0.5, 0.6) is 11.5 Å². The van der Waals surface area contributed by atoms with E-state index in [1.54, 1.807) is 6.07 Å². The highest BCUT2D eigenvalue weighted by Gasteiger charge is 2.54. The fourth-order valence-corrected chi connectivity index (χ4v) is 4.42. The van der Waals surface area contributed by atoms with Crippen molar-refractivity contribution in [1.29, 1.82) is 0 Å². The maximum atomic E-state index is 12.6. The van der Waals surface area contributed by atoms with E-state index in [1.807, 2.05) is 32.9 Å². The molecule has 1 aliphatic rings. The second-order valence-electron chi connectivity index (χ2n) is 9.85. The summed E-state index contributed by atoms with van der Waals surface area (Å²) in [5, 5.41) is 49.6. The molecule has 2 aromatic rings. The number of carboxylic acid groups (broad SMARTS) is 1. The minimum atomic E-state index is -2.26. The van der Waals surface area contributed by atoms with Crippen molar-refractivity contribution in [1.82, 2.24) is 0 Å². The molecular formula is C29H32O10. The lowest BCUT2D eigenvalue weighted by atomic mass is 9.79. The molecule has 3 rings (SSSR count). The maximum absolute atomic E-state index is 12.6. The number of phenols is 2. The zero-order chi connectivity index (χ0) is 28.9. The maximum Gasteiger partial charge on any atom is 0.348 e. The Morgan fingerprint density at radius 2 is 1.54 bits per heavy atom. The Bertz CT molecular complexity index is 1290. The molecule has 10 heteroatoms. The van der Waals surface area contributed by atoms with Crippen molar-refractivity contribution in [3.63, 3.8) is 0 Å². The number of esters is 2. The van der Waals surface area contributed by atoms with E-state index in [0.717, 1.165) is 23.3 Å². The van der Waals surface area contributed by atoms with Gasteiger partial charge in [0.15, 0.2) is 11.5 Å². The number of carboxylic acids is 1. The summed E-state index contributed by atoms with van der Waals surface area (Å²) in [5.74, 6) is -4.01. The van der Waals surface area contributed by atoms with Crippen molar-refractivity contribution in [2.24, 2.45) is 0 Å². The van der Waals surface area contributed by atoms with Gasteiger partial charge in [-0.1, -0.05) is 38.1 Å². The predicted octanol–water partition coefficient (Wildman–Crippen LogP) is 3.05. The normalized spacial score (nSPS) is 23.3. The number of aliphatic carboxylic acids is 1. The molecule has 1 aliphatic carbocycles. The SMILES string of the molecule is Cc1ccc(/C=C/C(=O)O[C@]2(C(=O)O)C[C@@H](O)[C@H](O)[C@H](OC(=O)/C=C/c3ccc(O)c(O)c3)C2)cc1C(C)C. The van der Waals surface area contributed by atoms with Gasteiger partial charge < -0.3 is 35.0 Å². The number of aliphatic hydroxyl groups is 2. The number of ether oxygens (including phenoxy) is 2. The van der Waals surface area contributed by atoms with Crippen molar-refractivity contribution < 1.29 is 49.4 Å². The molecule has 0 unspecified atom stereocenters. The first kappa shape index (κ1) is 29.4. The van der Waals surface area contributed by atoms with Crippen molar-refractivity contribution in [2.45, 2.75) is 63.4 Å². The fraction of sp³-hybridized carbons (Fsp3) is 0.345. The molecule has 0 amide bonds. The summed E-state index contributed by atoms with van der Waals surface area (Å²) in [7, 11) is 0. The van der Waals surface area contributed by atoms with Crippen molar-refractivity contribution in [3.8, 4) is 11.5 Å². The molecule has 0 spiro atoms. The fourth-order valence-electron chi connectivity index (χ4n) is 4.42. The quantitative estimate of drug-likeness (QED) is 0.190. The smallest absolute Gasteiger partial charge is 0.348 e. The molecule has 5 N–H and O–H groups in total. The molecular weight excluding hydrogens is 508 g/mol. The van der Waals surface area contributed by atoms with Gasteiger partial charge in [0.25, 0.3) is 0 Å². The minimum absolute atomic E-state index is 0.262. The second-order valence-corrected chi connectivity index (χ2v) is 9.85. The molecule has 0 radical (unpaired) electrons. The summed E-state index contributed by atoms with van der Waals surface area (Å²) in [6.07, 6.45) is -1.20. The number of phenolic OH excluding ortho intramolecular Hbond substituents is 2. The van der Waals surface area contributed by atoms with Crippen LogP contribution in [0.3, 0.4) is 0 Å². The highest BCUT2D eigenvalue weighted by Crippen LogP contribution is 2.35. The number of aryl methyl sites for hydroxylation is 1. The molecule has 0 aliphatic heterocycles. The van der Waals surface area contributed by atoms with E-state index in [-0.39, 0.29) is 11.7 Å². The van der Waals surface area contributed by atoms with Gasteiger partial charge >= 0.3 is 17.9 Å². The average molecular weight is 541 g/mol. The lowest BCUT2D eigenvalue weighted by Gasteiger charge is -2.41. The molecule has 10 nitrogen and oxygen atoms in total. The number of hydrogen-bond acceptors (Lipinski definition) is 9. The number of carbonyl (C=O) groups excluding carboxylic acids is 2. The zero-order valence-electron chi connectivity index (χ0n) is 21.8. The summed E-state index contributed by atoms with van der Waals surface area (Å²) >= 11 is 0. The lowest BCUT2D eigenvalue weighted by molar-refractivity contribution is -0.207. The number of hydrogen-bond donors (Lipinski definition) is 5. The third kappa shape index (κ3) is 7.24. The average Bonchev–Trinajstić information content (AvgIpc) is 2.87. The van der Waals surface area contributed by atoms with Crippen LogP contribution in [-0.2, 0) is 23.9 Å². The van der Waals surface area contributed by atoms with Gasteiger partial charge in [-0.3, -0.25) is 0 Å². The number of carbonyl (C=O) groups is 3. The largest absolute Gasteiger partial charge is 0.504 e. The van der Waals surface area contributed by atoms with Crippen molar-refractivity contribution in [2.75, 3.05) is 0 Å². The zero-order valence-corrected chi connectivity index (χ0v) is 21.8. The van der Waals surface area contributed by atoms with Crippen LogP contribution in [0, 0.1) is 6.92 Å². The van der Waals surface area contributed by atoms with Gasteiger partial charge in [0.2, 0.25) is 5.60 Å². The third-order valence-corrected chi connectivity index (χ3v) is 6.55. The molecule has 39 heavy (non-hydrogen) atoms. The molecule has 4 atom stereocenters. The van der Waals surface area contributed by atoms with Gasteiger partial charge in [-0.05, 0) is 59.4 Å². The minimum Gasteiger partial charge on any atom is -0.504 e.